The fraction of sp³-hybridized carbons (Fsp3) is 0.0625. The number of halogens is 5. The third kappa shape index (κ3) is 4.04. The molecular weight excluding hydrogens is 582 g/mol. The summed E-state index contributed by atoms with van der Waals surface area (Å²) in [5.74, 6) is -0.619. The van der Waals surface area contributed by atoms with Crippen molar-refractivity contribution in [2.24, 2.45) is 0 Å². The van der Waals surface area contributed by atoms with Gasteiger partial charge in [-0.15, -0.1) is 0 Å². The van der Waals surface area contributed by atoms with E-state index in [0.29, 0.717) is 4.47 Å². The van der Waals surface area contributed by atoms with E-state index < -0.39 is 50.7 Å². The van der Waals surface area contributed by atoms with Crippen molar-refractivity contribution < 1.29 is 29.2 Å². The Morgan fingerprint density at radius 2 is 1.75 bits per heavy atom. The third-order valence-electron chi connectivity index (χ3n) is 3.42. The first kappa shape index (κ1) is 21.1. The van der Waals surface area contributed by atoms with E-state index in [0.717, 1.165) is 0 Å². The van der Waals surface area contributed by atoms with Crippen molar-refractivity contribution in [3.8, 4) is 5.75 Å². The summed E-state index contributed by atoms with van der Waals surface area (Å²) in [5, 5.41) is 10.8. The van der Waals surface area contributed by atoms with Crippen LogP contribution < -0.4 is 5.56 Å². The molecule has 150 valence electrons. The molecule has 3 aromatic rings. The van der Waals surface area contributed by atoms with Crippen LogP contribution in [0.25, 0.3) is 10.9 Å². The molecule has 0 saturated heterocycles. The van der Waals surface area contributed by atoms with Crippen molar-refractivity contribution in [1.29, 1.82) is 0 Å². The second-order valence-electron chi connectivity index (χ2n) is 5.31. The summed E-state index contributed by atoms with van der Waals surface area (Å²) < 4.78 is 66.6. The van der Waals surface area contributed by atoms with E-state index in [1.54, 1.807) is 12.1 Å². The van der Waals surface area contributed by atoms with E-state index in [-0.39, 0.29) is 14.5 Å². The van der Waals surface area contributed by atoms with Gasteiger partial charge in [0, 0.05) is 0 Å². The zero-order chi connectivity index (χ0) is 20.7. The summed E-state index contributed by atoms with van der Waals surface area (Å²) in [4.78, 5) is 15.0. The van der Waals surface area contributed by atoms with Gasteiger partial charge in [0.2, 0.25) is 0 Å². The van der Waals surface area contributed by atoms with Gasteiger partial charge in [-0.1, -0.05) is 0 Å². The molecule has 12 heteroatoms. The first-order valence-corrected chi connectivity index (χ1v) is 12.6. The third-order valence-corrected chi connectivity index (χ3v) is 11.1. The predicted octanol–water partition coefficient (Wildman–Crippen LogP) is 4.32. The van der Waals surface area contributed by atoms with Gasteiger partial charge in [-0.05, 0) is 0 Å². The average molecular weight is 592 g/mol. The van der Waals surface area contributed by atoms with E-state index in [4.69, 9.17) is 0 Å². The number of H-pyrrole nitrogens is 1. The molecule has 6 nitrogen and oxygen atoms in total. The van der Waals surface area contributed by atoms with Crippen molar-refractivity contribution >= 4 is 57.2 Å². The molecule has 0 aliphatic carbocycles. The number of fused-ring (bicyclic) bond motifs is 1. The first-order chi connectivity index (χ1) is 13.0. The van der Waals surface area contributed by atoms with Gasteiger partial charge in [-0.2, -0.15) is 0 Å². The Morgan fingerprint density at radius 3 is 2.36 bits per heavy atom. The Bertz CT molecular complexity index is 1200. The summed E-state index contributed by atoms with van der Waals surface area (Å²) in [6, 6.07) is 11.7. The van der Waals surface area contributed by atoms with E-state index in [1.807, 2.05) is 0 Å². The number of hydrogen-bond acceptors (Lipinski definition) is 5. The Kier molecular flexibility index (Phi) is 5.76. The monoisotopic (exact) mass is 591 g/mol. The molecule has 0 fully saturated rings. The van der Waals surface area contributed by atoms with Gasteiger partial charge in [-0.3, -0.25) is 0 Å². The van der Waals surface area contributed by atoms with Crippen LogP contribution in [-0.2, 0) is 12.6 Å². The zero-order valence-corrected chi connectivity index (χ0v) is 18.1. The number of rotatable bonds is 4. The Labute approximate surface area is 172 Å². The van der Waals surface area contributed by atoms with E-state index in [1.165, 1.54) is 36.4 Å². The quantitative estimate of drug-likeness (QED) is 0.348. The number of aromatic hydroxyl groups is 1. The van der Waals surface area contributed by atoms with Gasteiger partial charge in [0.05, 0.1) is 0 Å². The summed E-state index contributed by atoms with van der Waals surface area (Å²) in [5.41, 5.74) is -6.35. The predicted molar refractivity (Wildman–Crippen MR) is 108 cm³/mol. The van der Waals surface area contributed by atoms with Gasteiger partial charge in [0.15, 0.2) is 0 Å². The number of aromatic nitrogens is 1. The summed E-state index contributed by atoms with van der Waals surface area (Å²) in [7, 11) is -5.99. The zero-order valence-electron chi connectivity index (χ0n) is 13.5. The topological polar surface area (TPSA) is 96.5 Å². The van der Waals surface area contributed by atoms with Gasteiger partial charge < -0.3 is 0 Å². The van der Waals surface area contributed by atoms with Crippen LogP contribution >= 0.6 is 36.2 Å². The number of pyridine rings is 1. The van der Waals surface area contributed by atoms with Crippen molar-refractivity contribution in [2.45, 2.75) is 5.51 Å². The molecule has 2 N–H and O–H groups in total. The molecule has 0 atom stereocenters. The number of aromatic amines is 1. The van der Waals surface area contributed by atoms with Crippen LogP contribution in [-0.4, -0.2) is 24.0 Å². The minimum atomic E-state index is -5.99. The summed E-state index contributed by atoms with van der Waals surface area (Å²) in [6.07, 6.45) is 0. The summed E-state index contributed by atoms with van der Waals surface area (Å²) in [6.45, 7) is 0. The van der Waals surface area contributed by atoms with Crippen LogP contribution in [0.3, 0.4) is 0 Å². The molecule has 0 amide bonds. The van der Waals surface area contributed by atoms with Crippen LogP contribution in [0.15, 0.2) is 57.8 Å². The Balaban J connectivity index is 2.29. The molecular formula is C16H10BrF3INO5S. The molecule has 0 radical (unpaired) electrons. The second-order valence-corrected chi connectivity index (χ2v) is 12.5. The molecule has 0 spiro atoms. The molecule has 0 unspecified atom stereocenters. The molecule has 0 aliphatic heterocycles. The molecule has 0 saturated carbocycles. The fourth-order valence-electron chi connectivity index (χ4n) is 2.21. The molecule has 1 heterocycles. The maximum absolute atomic E-state index is 12.9. The van der Waals surface area contributed by atoms with Crippen LogP contribution in [0.1, 0.15) is 0 Å². The van der Waals surface area contributed by atoms with Crippen molar-refractivity contribution in [3.05, 3.63) is 70.5 Å². The van der Waals surface area contributed by atoms with Crippen molar-refractivity contribution in [2.75, 3.05) is 0 Å². The van der Waals surface area contributed by atoms with Crippen LogP contribution in [0.4, 0.5) is 13.2 Å². The number of hydrogen-bond donors (Lipinski definition) is 2. The second kappa shape index (κ2) is 7.65. The average Bonchev–Trinajstić information content (AvgIpc) is 2.61. The van der Waals surface area contributed by atoms with Crippen LogP contribution in [0.5, 0.6) is 5.75 Å². The number of alkyl halides is 3. The standard InChI is InChI=1S/C16H10BrF3INO5S/c17-9-6-7-12-11(8-9)14(23)13(15(24)22-12)21(10-4-2-1-3-5-10)27-28(25,26)16(18,19)20/h1-8H,(H2,22,23,24). The Hall–Kier alpha value is -1.64. The van der Waals surface area contributed by atoms with E-state index in [2.05, 4.69) is 23.4 Å². The van der Waals surface area contributed by atoms with Crippen LogP contribution in [0.2, 0.25) is 0 Å². The first-order valence-electron chi connectivity index (χ1n) is 7.32. The van der Waals surface area contributed by atoms with Crippen molar-refractivity contribution in [3.63, 3.8) is 0 Å². The van der Waals surface area contributed by atoms with Gasteiger partial charge in [0.1, 0.15) is 0 Å². The van der Waals surface area contributed by atoms with E-state index in [9.17, 15) is 31.5 Å². The SMILES string of the molecule is O=c1[nH]c2ccc(Br)cc2c(O)c1I(OS(=O)(=O)C(F)(F)F)c1ccccc1. The van der Waals surface area contributed by atoms with Gasteiger partial charge in [-0.25, -0.2) is 0 Å². The minimum absolute atomic E-state index is 0.0923. The molecule has 28 heavy (non-hydrogen) atoms. The number of nitrogens with one attached hydrogen (secondary N) is 1. The molecule has 1 aromatic heterocycles. The maximum atomic E-state index is 12.9. The van der Waals surface area contributed by atoms with Gasteiger partial charge in [0.25, 0.3) is 0 Å². The van der Waals surface area contributed by atoms with Gasteiger partial charge >= 0.3 is 173 Å². The Morgan fingerprint density at radius 1 is 1.11 bits per heavy atom. The molecule has 2 aromatic carbocycles. The normalized spacial score (nSPS) is 12.9. The molecule has 0 aliphatic rings. The molecule has 0 bridgehead atoms. The summed E-state index contributed by atoms with van der Waals surface area (Å²) >= 11 is -0.822. The van der Waals surface area contributed by atoms with Crippen LogP contribution in [0, 0.1) is 7.14 Å². The van der Waals surface area contributed by atoms with Crippen molar-refractivity contribution in [1.82, 2.24) is 4.98 Å². The fourth-order valence-corrected chi connectivity index (χ4v) is 9.16. The van der Waals surface area contributed by atoms with E-state index >= 15 is 0 Å². The number of benzene rings is 2. The molecule has 3 rings (SSSR count).